The number of nitrogens with zero attached hydrogens (tertiary/aromatic N) is 1. The van der Waals surface area contributed by atoms with Gasteiger partial charge in [0, 0.05) is 6.54 Å². The van der Waals surface area contributed by atoms with E-state index in [1.165, 1.54) is 22.3 Å². The lowest BCUT2D eigenvalue weighted by Gasteiger charge is -2.36. The first-order valence-electron chi connectivity index (χ1n) is 10.0. The fourth-order valence-electron chi connectivity index (χ4n) is 3.95. The predicted molar refractivity (Wildman–Crippen MR) is 116 cm³/mol. The first kappa shape index (κ1) is 19.0. The summed E-state index contributed by atoms with van der Waals surface area (Å²) >= 11 is 0. The lowest BCUT2D eigenvalue weighted by molar-refractivity contribution is 0.0774. The van der Waals surface area contributed by atoms with Crippen molar-refractivity contribution in [3.8, 4) is 11.1 Å². The average molecular weight is 383 g/mol. The maximum Gasteiger partial charge on any atom is 0.410 e. The smallest absolute Gasteiger partial charge is 0.410 e. The molecule has 1 atom stereocenters. The molecule has 0 bridgehead atoms. The van der Waals surface area contributed by atoms with Crippen LogP contribution < -0.4 is 0 Å². The summed E-state index contributed by atoms with van der Waals surface area (Å²) in [5.74, 6) is 0. The molecule has 1 unspecified atom stereocenters. The van der Waals surface area contributed by atoms with Crippen molar-refractivity contribution in [1.82, 2.24) is 4.90 Å². The molecular formula is C26H25NO2. The van der Waals surface area contributed by atoms with Crippen LogP contribution in [0.3, 0.4) is 0 Å². The Kier molecular flexibility index (Phi) is 5.76. The highest BCUT2D eigenvalue weighted by Crippen LogP contribution is 2.35. The van der Waals surface area contributed by atoms with Gasteiger partial charge in [-0.1, -0.05) is 84.9 Å². The molecule has 0 saturated carbocycles. The molecule has 1 amide bonds. The van der Waals surface area contributed by atoms with E-state index in [-0.39, 0.29) is 18.7 Å². The minimum Gasteiger partial charge on any atom is -0.445 e. The Bertz CT molecular complexity index is 982. The van der Waals surface area contributed by atoms with Crippen LogP contribution in [0.2, 0.25) is 0 Å². The van der Waals surface area contributed by atoms with Crippen LogP contribution in [0.4, 0.5) is 4.79 Å². The number of carbonyl (C=O) groups is 1. The average Bonchev–Trinajstić information content (AvgIpc) is 2.79. The van der Waals surface area contributed by atoms with Crippen molar-refractivity contribution in [2.75, 3.05) is 6.54 Å². The number of rotatable bonds is 5. The maximum atomic E-state index is 12.8. The monoisotopic (exact) mass is 383 g/mol. The topological polar surface area (TPSA) is 29.5 Å². The summed E-state index contributed by atoms with van der Waals surface area (Å²) in [7, 11) is 0. The molecule has 146 valence electrons. The fourth-order valence-corrected chi connectivity index (χ4v) is 3.95. The van der Waals surface area contributed by atoms with Crippen molar-refractivity contribution in [3.05, 3.63) is 108 Å². The summed E-state index contributed by atoms with van der Waals surface area (Å²) < 4.78 is 5.60. The molecule has 0 aliphatic carbocycles. The molecule has 3 nitrogen and oxygen atoms in total. The summed E-state index contributed by atoms with van der Waals surface area (Å²) in [4.78, 5) is 14.7. The zero-order valence-corrected chi connectivity index (χ0v) is 16.5. The number of ether oxygens (including phenoxy) is 1. The number of fused-ring (bicyclic) bond motifs is 1. The molecule has 3 aromatic rings. The zero-order chi connectivity index (χ0) is 20.1. The molecule has 0 spiro atoms. The van der Waals surface area contributed by atoms with Crippen LogP contribution in [0.25, 0.3) is 11.1 Å². The summed E-state index contributed by atoms with van der Waals surface area (Å²) in [6.07, 6.45) is 3.14. The minimum absolute atomic E-state index is 0.0376. The first-order chi connectivity index (χ1) is 14.3. The maximum absolute atomic E-state index is 12.8. The summed E-state index contributed by atoms with van der Waals surface area (Å²) in [6, 6.07) is 26.7. The third-order valence-corrected chi connectivity index (χ3v) is 5.44. The second-order valence-corrected chi connectivity index (χ2v) is 7.30. The third-order valence-electron chi connectivity index (χ3n) is 5.44. The van der Waals surface area contributed by atoms with E-state index in [0.29, 0.717) is 13.0 Å². The Balaban J connectivity index is 1.54. The minimum atomic E-state index is -0.265. The molecule has 0 aromatic heterocycles. The van der Waals surface area contributed by atoms with Gasteiger partial charge in [-0.25, -0.2) is 4.79 Å². The third kappa shape index (κ3) is 4.24. The van der Waals surface area contributed by atoms with E-state index in [9.17, 15) is 4.79 Å². The van der Waals surface area contributed by atoms with E-state index >= 15 is 0 Å². The number of hydrogen-bond donors (Lipinski definition) is 0. The SMILES string of the molecule is C=CCC1c2ccc(-c3ccccc3)cc2CCN1C(=O)OCc1ccccc1. The Morgan fingerprint density at radius 1 is 1.00 bits per heavy atom. The summed E-state index contributed by atoms with van der Waals surface area (Å²) in [5.41, 5.74) is 5.89. The van der Waals surface area contributed by atoms with Gasteiger partial charge in [-0.3, -0.25) is 0 Å². The van der Waals surface area contributed by atoms with Crippen LogP contribution in [0.1, 0.15) is 29.2 Å². The molecule has 0 N–H and O–H groups in total. The normalized spacial score (nSPS) is 15.4. The van der Waals surface area contributed by atoms with Gasteiger partial charge in [0.15, 0.2) is 0 Å². The largest absolute Gasteiger partial charge is 0.445 e. The Labute approximate surface area is 172 Å². The number of benzene rings is 3. The number of hydrogen-bond acceptors (Lipinski definition) is 2. The first-order valence-corrected chi connectivity index (χ1v) is 10.0. The van der Waals surface area contributed by atoms with E-state index in [1.54, 1.807) is 0 Å². The lowest BCUT2D eigenvalue weighted by atomic mass is 9.88. The molecule has 3 heteroatoms. The van der Waals surface area contributed by atoms with Crippen molar-refractivity contribution in [2.45, 2.75) is 25.5 Å². The molecule has 0 saturated heterocycles. The van der Waals surface area contributed by atoms with Crippen molar-refractivity contribution in [2.24, 2.45) is 0 Å². The number of amides is 1. The molecule has 4 rings (SSSR count). The van der Waals surface area contributed by atoms with E-state index < -0.39 is 0 Å². The van der Waals surface area contributed by atoms with Gasteiger partial charge in [0.25, 0.3) is 0 Å². The van der Waals surface area contributed by atoms with Crippen LogP contribution in [0, 0.1) is 0 Å². The molecule has 1 heterocycles. The highest BCUT2D eigenvalue weighted by atomic mass is 16.6. The second-order valence-electron chi connectivity index (χ2n) is 7.30. The Morgan fingerprint density at radius 3 is 2.45 bits per heavy atom. The van der Waals surface area contributed by atoms with Gasteiger partial charge >= 0.3 is 6.09 Å². The zero-order valence-electron chi connectivity index (χ0n) is 16.5. The Morgan fingerprint density at radius 2 is 1.72 bits per heavy atom. The number of carbonyl (C=O) groups excluding carboxylic acids is 1. The van der Waals surface area contributed by atoms with E-state index in [1.807, 2.05) is 47.4 Å². The van der Waals surface area contributed by atoms with Gasteiger partial charge < -0.3 is 9.64 Å². The molecule has 29 heavy (non-hydrogen) atoms. The van der Waals surface area contributed by atoms with E-state index in [4.69, 9.17) is 4.74 Å². The van der Waals surface area contributed by atoms with Crippen LogP contribution >= 0.6 is 0 Å². The van der Waals surface area contributed by atoms with Crippen LogP contribution in [-0.4, -0.2) is 17.5 Å². The van der Waals surface area contributed by atoms with Gasteiger partial charge in [0.2, 0.25) is 0 Å². The van der Waals surface area contributed by atoms with E-state index in [2.05, 4.69) is 49.0 Å². The standard InChI is InChI=1S/C26H25NO2/c1-2-9-25-24-15-14-22(21-12-7-4-8-13-21)18-23(24)16-17-27(25)26(28)29-19-20-10-5-3-6-11-20/h2-8,10-15,18,25H,1,9,16-17,19H2. The fraction of sp³-hybridized carbons (Fsp3) is 0.192. The molecule has 0 radical (unpaired) electrons. The van der Waals surface area contributed by atoms with Crippen molar-refractivity contribution in [3.63, 3.8) is 0 Å². The van der Waals surface area contributed by atoms with Crippen molar-refractivity contribution >= 4 is 6.09 Å². The van der Waals surface area contributed by atoms with Crippen molar-refractivity contribution in [1.29, 1.82) is 0 Å². The van der Waals surface area contributed by atoms with Crippen LogP contribution in [0.15, 0.2) is 91.5 Å². The van der Waals surface area contributed by atoms with Gasteiger partial charge in [-0.05, 0) is 40.7 Å². The molecule has 3 aromatic carbocycles. The lowest BCUT2D eigenvalue weighted by Crippen LogP contribution is -2.40. The Hall–Kier alpha value is -3.33. The predicted octanol–water partition coefficient (Wildman–Crippen LogP) is 6.17. The van der Waals surface area contributed by atoms with Gasteiger partial charge in [0.05, 0.1) is 6.04 Å². The van der Waals surface area contributed by atoms with Gasteiger partial charge in [0.1, 0.15) is 6.61 Å². The molecule has 1 aliphatic heterocycles. The van der Waals surface area contributed by atoms with Gasteiger partial charge in [-0.15, -0.1) is 6.58 Å². The van der Waals surface area contributed by atoms with E-state index in [0.717, 1.165) is 12.0 Å². The molecular weight excluding hydrogens is 358 g/mol. The molecule has 1 aliphatic rings. The quantitative estimate of drug-likeness (QED) is 0.493. The van der Waals surface area contributed by atoms with Crippen LogP contribution in [-0.2, 0) is 17.8 Å². The van der Waals surface area contributed by atoms with Crippen LogP contribution in [0.5, 0.6) is 0 Å². The van der Waals surface area contributed by atoms with Gasteiger partial charge in [-0.2, -0.15) is 0 Å². The summed E-state index contributed by atoms with van der Waals surface area (Å²) in [6.45, 7) is 4.84. The highest BCUT2D eigenvalue weighted by molar-refractivity contribution is 5.70. The highest BCUT2D eigenvalue weighted by Gasteiger charge is 2.31. The molecule has 0 fully saturated rings. The van der Waals surface area contributed by atoms with Crippen molar-refractivity contribution < 1.29 is 9.53 Å². The summed E-state index contributed by atoms with van der Waals surface area (Å²) in [5, 5.41) is 0. The second kappa shape index (κ2) is 8.78.